The fourth-order valence-corrected chi connectivity index (χ4v) is 4.75. The number of rotatable bonds is 5. The fourth-order valence-electron chi connectivity index (χ4n) is 4.75. The molecular weight excluding hydrogens is 416 g/mol. The summed E-state index contributed by atoms with van der Waals surface area (Å²) in [6, 6.07) is 8.40. The number of anilines is 4. The van der Waals surface area contributed by atoms with Crippen LogP contribution in [0.2, 0.25) is 0 Å². The van der Waals surface area contributed by atoms with Gasteiger partial charge in [-0.1, -0.05) is 6.92 Å². The molecule has 0 bridgehead atoms. The topological polar surface area (TPSA) is 93.3 Å². The highest BCUT2D eigenvalue weighted by Crippen LogP contribution is 2.27. The van der Waals surface area contributed by atoms with Gasteiger partial charge >= 0.3 is 0 Å². The Morgan fingerprint density at radius 1 is 0.909 bits per heavy atom. The Bertz CT molecular complexity index is 1140. The molecule has 0 unspecified atom stereocenters. The van der Waals surface area contributed by atoms with E-state index in [2.05, 4.69) is 66.4 Å². The number of H-pyrrole nitrogens is 1. The highest BCUT2D eigenvalue weighted by Gasteiger charge is 2.19. The molecule has 0 spiro atoms. The van der Waals surface area contributed by atoms with Crippen LogP contribution in [0.15, 0.2) is 35.3 Å². The molecule has 2 N–H and O–H groups in total. The van der Waals surface area contributed by atoms with Gasteiger partial charge in [0.25, 0.3) is 5.56 Å². The van der Waals surface area contributed by atoms with Gasteiger partial charge in [0, 0.05) is 44.1 Å². The zero-order valence-corrected chi connectivity index (χ0v) is 19.3. The second-order valence-corrected chi connectivity index (χ2v) is 8.83. The summed E-state index contributed by atoms with van der Waals surface area (Å²) in [5.41, 5.74) is 2.38. The van der Waals surface area contributed by atoms with E-state index in [-0.39, 0.29) is 5.56 Å². The molecule has 0 radical (unpaired) electrons. The largest absolute Gasteiger partial charge is 0.370 e. The number of benzene rings is 1. The second kappa shape index (κ2) is 9.74. The molecule has 4 heterocycles. The van der Waals surface area contributed by atoms with Crippen molar-refractivity contribution in [2.45, 2.75) is 32.6 Å². The maximum absolute atomic E-state index is 12.6. The number of nitrogens with zero attached hydrogens (tertiary/aromatic N) is 6. The SMILES string of the molecule is CCN1CCCN(c2ccc(Nc3nc(N4CCCCC4)nc4cn[nH]c(=O)c34)cc2)CC1. The molecule has 9 heteroatoms. The van der Waals surface area contributed by atoms with Gasteiger partial charge in [0.2, 0.25) is 5.95 Å². The van der Waals surface area contributed by atoms with Crippen molar-refractivity contribution in [3.05, 3.63) is 40.8 Å². The Morgan fingerprint density at radius 3 is 2.48 bits per heavy atom. The number of likely N-dealkylation sites (N-methyl/N-ethyl adjacent to an activating group) is 1. The monoisotopic (exact) mass is 448 g/mol. The van der Waals surface area contributed by atoms with Crippen molar-refractivity contribution in [3.8, 4) is 0 Å². The summed E-state index contributed by atoms with van der Waals surface area (Å²) in [4.78, 5) is 29.1. The zero-order valence-electron chi connectivity index (χ0n) is 19.3. The van der Waals surface area contributed by atoms with E-state index in [0.717, 1.165) is 64.3 Å². The van der Waals surface area contributed by atoms with Gasteiger partial charge in [-0.2, -0.15) is 10.1 Å². The van der Waals surface area contributed by atoms with Crippen molar-refractivity contribution >= 4 is 34.0 Å². The minimum absolute atomic E-state index is 0.290. The number of piperidine rings is 1. The first-order valence-corrected chi connectivity index (χ1v) is 12.1. The average molecular weight is 449 g/mol. The normalized spacial score (nSPS) is 17.8. The van der Waals surface area contributed by atoms with Crippen molar-refractivity contribution in [3.63, 3.8) is 0 Å². The molecule has 0 atom stereocenters. The summed E-state index contributed by atoms with van der Waals surface area (Å²) in [6.45, 7) is 9.57. The Hall–Kier alpha value is -3.20. The number of nitrogens with one attached hydrogen (secondary N) is 2. The quantitative estimate of drug-likeness (QED) is 0.615. The van der Waals surface area contributed by atoms with E-state index in [9.17, 15) is 4.79 Å². The van der Waals surface area contributed by atoms with Crippen LogP contribution in [-0.2, 0) is 0 Å². The van der Waals surface area contributed by atoms with Crippen LogP contribution in [0, 0.1) is 0 Å². The van der Waals surface area contributed by atoms with E-state index in [1.54, 1.807) is 6.20 Å². The maximum Gasteiger partial charge on any atom is 0.277 e. The maximum atomic E-state index is 12.6. The number of hydrogen-bond acceptors (Lipinski definition) is 8. The molecule has 2 aliphatic heterocycles. The average Bonchev–Trinajstić information content (AvgIpc) is 3.11. The molecule has 2 aliphatic rings. The lowest BCUT2D eigenvalue weighted by atomic mass is 10.1. The van der Waals surface area contributed by atoms with Crippen molar-refractivity contribution in [1.29, 1.82) is 0 Å². The van der Waals surface area contributed by atoms with Crippen LogP contribution in [0.1, 0.15) is 32.6 Å². The number of aromatic amines is 1. The summed E-state index contributed by atoms with van der Waals surface area (Å²) < 4.78 is 0. The van der Waals surface area contributed by atoms with Crippen LogP contribution in [0.4, 0.5) is 23.1 Å². The standard InChI is InChI=1S/C24H32N8O/c1-2-30-11-6-14-31(16-15-30)19-9-7-18(8-10-19)26-22-21-20(17-25-29-23(21)33)27-24(28-22)32-12-4-3-5-13-32/h7-10,17H,2-6,11-16H2,1H3,(H,29,33)(H,26,27,28). The Kier molecular flexibility index (Phi) is 6.39. The zero-order chi connectivity index (χ0) is 22.6. The van der Waals surface area contributed by atoms with Crippen LogP contribution < -0.4 is 20.7 Å². The number of hydrogen-bond donors (Lipinski definition) is 2. The van der Waals surface area contributed by atoms with Gasteiger partial charge in [0.15, 0.2) is 0 Å². The van der Waals surface area contributed by atoms with Crippen molar-refractivity contribution < 1.29 is 0 Å². The highest BCUT2D eigenvalue weighted by atomic mass is 16.1. The molecule has 0 aliphatic carbocycles. The third-order valence-electron chi connectivity index (χ3n) is 6.68. The molecule has 174 valence electrons. The van der Waals surface area contributed by atoms with Crippen molar-refractivity contribution in [2.24, 2.45) is 0 Å². The summed E-state index contributed by atoms with van der Waals surface area (Å²) in [5.74, 6) is 1.17. The Balaban J connectivity index is 1.40. The highest BCUT2D eigenvalue weighted by molar-refractivity contribution is 5.90. The van der Waals surface area contributed by atoms with Gasteiger partial charge in [0.1, 0.15) is 16.7 Å². The predicted molar refractivity (Wildman–Crippen MR) is 133 cm³/mol. The summed E-state index contributed by atoms with van der Waals surface area (Å²) in [6.07, 6.45) is 6.27. The smallest absolute Gasteiger partial charge is 0.277 e. The van der Waals surface area contributed by atoms with E-state index >= 15 is 0 Å². The first kappa shape index (κ1) is 21.6. The molecule has 0 saturated carbocycles. The van der Waals surface area contributed by atoms with E-state index in [1.165, 1.54) is 18.5 Å². The molecule has 0 amide bonds. The van der Waals surface area contributed by atoms with Crippen molar-refractivity contribution in [1.82, 2.24) is 25.1 Å². The van der Waals surface area contributed by atoms with Crippen LogP contribution in [0.3, 0.4) is 0 Å². The Morgan fingerprint density at radius 2 is 1.70 bits per heavy atom. The predicted octanol–water partition coefficient (Wildman–Crippen LogP) is 2.98. The molecule has 2 fully saturated rings. The fraction of sp³-hybridized carbons (Fsp3) is 0.500. The molecule has 1 aromatic carbocycles. The minimum Gasteiger partial charge on any atom is -0.370 e. The molecule has 2 aromatic heterocycles. The molecular formula is C24H32N8O. The lowest BCUT2D eigenvalue weighted by Gasteiger charge is -2.27. The lowest BCUT2D eigenvalue weighted by molar-refractivity contribution is 0.310. The third kappa shape index (κ3) is 4.78. The van der Waals surface area contributed by atoms with E-state index in [0.29, 0.717) is 22.7 Å². The number of aromatic nitrogens is 4. The first-order valence-electron chi connectivity index (χ1n) is 12.1. The minimum atomic E-state index is -0.290. The molecule has 33 heavy (non-hydrogen) atoms. The van der Waals surface area contributed by atoms with E-state index in [1.807, 2.05) is 0 Å². The third-order valence-corrected chi connectivity index (χ3v) is 6.68. The van der Waals surface area contributed by atoms with Gasteiger partial charge < -0.3 is 20.0 Å². The van der Waals surface area contributed by atoms with Gasteiger partial charge in [-0.05, 0) is 63.0 Å². The van der Waals surface area contributed by atoms with Crippen LogP contribution in [0.25, 0.3) is 10.9 Å². The second-order valence-electron chi connectivity index (χ2n) is 8.83. The van der Waals surface area contributed by atoms with Crippen LogP contribution in [0.5, 0.6) is 0 Å². The molecule has 3 aromatic rings. The molecule has 9 nitrogen and oxygen atoms in total. The summed E-state index contributed by atoms with van der Waals surface area (Å²) in [7, 11) is 0. The number of fused-ring (bicyclic) bond motifs is 1. The molecule has 5 rings (SSSR count). The van der Waals surface area contributed by atoms with Gasteiger partial charge in [-0.3, -0.25) is 4.79 Å². The molecule has 2 saturated heterocycles. The Labute approximate surface area is 193 Å². The summed E-state index contributed by atoms with van der Waals surface area (Å²) in [5, 5.41) is 10.3. The van der Waals surface area contributed by atoms with Gasteiger partial charge in [0.05, 0.1) is 6.20 Å². The van der Waals surface area contributed by atoms with Gasteiger partial charge in [-0.25, -0.2) is 10.1 Å². The van der Waals surface area contributed by atoms with Crippen LogP contribution >= 0.6 is 0 Å². The van der Waals surface area contributed by atoms with E-state index < -0.39 is 0 Å². The first-order chi connectivity index (χ1) is 16.2. The van der Waals surface area contributed by atoms with Gasteiger partial charge in [-0.15, -0.1) is 0 Å². The summed E-state index contributed by atoms with van der Waals surface area (Å²) >= 11 is 0. The van der Waals surface area contributed by atoms with Crippen LogP contribution in [-0.4, -0.2) is 70.9 Å². The lowest BCUT2D eigenvalue weighted by Crippen LogP contribution is -2.31. The van der Waals surface area contributed by atoms with E-state index in [4.69, 9.17) is 4.98 Å². The van der Waals surface area contributed by atoms with Crippen molar-refractivity contribution in [2.75, 3.05) is 60.9 Å².